The van der Waals surface area contributed by atoms with E-state index in [0.29, 0.717) is 6.42 Å². The standard InChI is InChI=1S/C16H21NO4/c1-11(18)17-9-3-4-12-10-13(5-6-14(12)17)15(19)7-8-16(20)21-2/h5-6,10,15,19H,3-4,7-9H2,1-2H3. The number of esters is 1. The fourth-order valence-electron chi connectivity index (χ4n) is 2.67. The highest BCUT2D eigenvalue weighted by Crippen LogP contribution is 2.30. The third-order valence-electron chi connectivity index (χ3n) is 3.84. The SMILES string of the molecule is COC(=O)CCC(O)c1ccc2c(c1)CCCN2C(C)=O. The number of fused-ring (bicyclic) bond motifs is 1. The number of aliphatic hydroxyl groups is 1. The topological polar surface area (TPSA) is 66.8 Å². The lowest BCUT2D eigenvalue weighted by atomic mass is 9.96. The number of amides is 1. The highest BCUT2D eigenvalue weighted by Gasteiger charge is 2.21. The Morgan fingerprint density at radius 2 is 2.19 bits per heavy atom. The van der Waals surface area contributed by atoms with Crippen molar-refractivity contribution >= 4 is 17.6 Å². The van der Waals surface area contributed by atoms with Crippen LogP contribution in [0.2, 0.25) is 0 Å². The zero-order chi connectivity index (χ0) is 15.4. The number of hydrogen-bond donors (Lipinski definition) is 1. The van der Waals surface area contributed by atoms with E-state index in [-0.39, 0.29) is 18.3 Å². The number of carbonyl (C=O) groups is 2. The van der Waals surface area contributed by atoms with Crippen LogP contribution in [0, 0.1) is 0 Å². The van der Waals surface area contributed by atoms with Gasteiger partial charge in [-0.2, -0.15) is 0 Å². The van der Waals surface area contributed by atoms with Crippen LogP contribution in [-0.2, 0) is 20.7 Å². The van der Waals surface area contributed by atoms with Gasteiger partial charge in [0.1, 0.15) is 0 Å². The molecule has 21 heavy (non-hydrogen) atoms. The van der Waals surface area contributed by atoms with Gasteiger partial charge >= 0.3 is 5.97 Å². The first-order valence-electron chi connectivity index (χ1n) is 7.18. The van der Waals surface area contributed by atoms with Crippen molar-refractivity contribution in [1.29, 1.82) is 0 Å². The highest BCUT2D eigenvalue weighted by molar-refractivity contribution is 5.92. The number of aryl methyl sites for hydroxylation is 1. The number of carbonyl (C=O) groups excluding carboxylic acids is 2. The van der Waals surface area contributed by atoms with E-state index in [0.717, 1.165) is 36.2 Å². The second-order valence-electron chi connectivity index (χ2n) is 5.29. The fraction of sp³-hybridized carbons (Fsp3) is 0.500. The van der Waals surface area contributed by atoms with Gasteiger partial charge in [-0.25, -0.2) is 0 Å². The molecule has 114 valence electrons. The van der Waals surface area contributed by atoms with Crippen LogP contribution in [0.4, 0.5) is 5.69 Å². The number of nitrogens with zero attached hydrogens (tertiary/aromatic N) is 1. The fourth-order valence-corrected chi connectivity index (χ4v) is 2.67. The molecule has 1 aliphatic rings. The number of methoxy groups -OCH3 is 1. The number of benzene rings is 1. The van der Waals surface area contributed by atoms with E-state index in [4.69, 9.17) is 0 Å². The van der Waals surface area contributed by atoms with E-state index < -0.39 is 6.10 Å². The summed E-state index contributed by atoms with van der Waals surface area (Å²) < 4.78 is 4.57. The summed E-state index contributed by atoms with van der Waals surface area (Å²) in [6.45, 7) is 2.31. The third kappa shape index (κ3) is 3.61. The van der Waals surface area contributed by atoms with Crippen LogP contribution in [0.5, 0.6) is 0 Å². The van der Waals surface area contributed by atoms with Gasteiger partial charge in [0.15, 0.2) is 0 Å². The van der Waals surface area contributed by atoms with Crippen molar-refractivity contribution in [1.82, 2.24) is 0 Å². The molecule has 1 N–H and O–H groups in total. The molecule has 1 aromatic rings. The van der Waals surface area contributed by atoms with Crippen LogP contribution in [0.25, 0.3) is 0 Å². The molecule has 0 saturated carbocycles. The Hall–Kier alpha value is -1.88. The van der Waals surface area contributed by atoms with Gasteiger partial charge in [0.25, 0.3) is 0 Å². The van der Waals surface area contributed by atoms with E-state index in [9.17, 15) is 14.7 Å². The summed E-state index contributed by atoms with van der Waals surface area (Å²) in [5.41, 5.74) is 2.78. The van der Waals surface area contributed by atoms with Crippen LogP contribution in [0.3, 0.4) is 0 Å². The number of rotatable bonds is 4. The van der Waals surface area contributed by atoms with Gasteiger partial charge in [-0.05, 0) is 36.5 Å². The largest absolute Gasteiger partial charge is 0.469 e. The summed E-state index contributed by atoms with van der Waals surface area (Å²) in [5, 5.41) is 10.2. The van der Waals surface area contributed by atoms with Gasteiger partial charge in [0, 0.05) is 25.6 Å². The molecule has 0 aromatic heterocycles. The summed E-state index contributed by atoms with van der Waals surface area (Å²) in [4.78, 5) is 24.5. The maximum atomic E-state index is 11.6. The Kier molecular flexibility index (Phi) is 4.96. The molecule has 1 atom stereocenters. The minimum absolute atomic E-state index is 0.0370. The number of aliphatic hydroxyl groups excluding tert-OH is 1. The van der Waals surface area contributed by atoms with Gasteiger partial charge in [0.2, 0.25) is 5.91 Å². The maximum Gasteiger partial charge on any atom is 0.305 e. The normalized spacial score (nSPS) is 15.3. The predicted octanol–water partition coefficient (Wildman–Crippen LogP) is 1.97. The van der Waals surface area contributed by atoms with E-state index in [1.54, 1.807) is 11.8 Å². The van der Waals surface area contributed by atoms with Gasteiger partial charge in [0.05, 0.1) is 13.2 Å². The van der Waals surface area contributed by atoms with Crippen molar-refractivity contribution < 1.29 is 19.4 Å². The Balaban J connectivity index is 2.13. The van der Waals surface area contributed by atoms with Crippen LogP contribution in [0.1, 0.15) is 43.4 Å². The average molecular weight is 291 g/mol. The maximum absolute atomic E-state index is 11.6. The van der Waals surface area contributed by atoms with Crippen molar-refractivity contribution in [2.24, 2.45) is 0 Å². The monoisotopic (exact) mass is 291 g/mol. The highest BCUT2D eigenvalue weighted by atomic mass is 16.5. The zero-order valence-corrected chi connectivity index (χ0v) is 12.5. The lowest BCUT2D eigenvalue weighted by Gasteiger charge is -2.29. The van der Waals surface area contributed by atoms with Gasteiger partial charge < -0.3 is 14.7 Å². The van der Waals surface area contributed by atoms with E-state index in [1.807, 2.05) is 18.2 Å². The number of hydrogen-bond acceptors (Lipinski definition) is 4. The molecule has 5 nitrogen and oxygen atoms in total. The molecule has 0 fully saturated rings. The van der Waals surface area contributed by atoms with Crippen LogP contribution >= 0.6 is 0 Å². The first-order valence-corrected chi connectivity index (χ1v) is 7.18. The second-order valence-corrected chi connectivity index (χ2v) is 5.29. The van der Waals surface area contributed by atoms with Crippen molar-refractivity contribution in [3.8, 4) is 0 Å². The molecule has 1 amide bonds. The van der Waals surface area contributed by atoms with Gasteiger partial charge in [-0.3, -0.25) is 9.59 Å². The molecule has 0 saturated heterocycles. The summed E-state index contributed by atoms with van der Waals surface area (Å²) in [5.74, 6) is -0.287. The quantitative estimate of drug-likeness (QED) is 0.861. The summed E-state index contributed by atoms with van der Waals surface area (Å²) in [6.07, 6.45) is 1.66. The smallest absolute Gasteiger partial charge is 0.305 e. The summed E-state index contributed by atoms with van der Waals surface area (Å²) in [6, 6.07) is 5.64. The van der Waals surface area contributed by atoms with Crippen molar-refractivity contribution in [3.05, 3.63) is 29.3 Å². The Bertz CT molecular complexity index is 541. The summed E-state index contributed by atoms with van der Waals surface area (Å²) in [7, 11) is 1.34. The molecule has 0 aliphatic carbocycles. The molecule has 2 rings (SSSR count). The zero-order valence-electron chi connectivity index (χ0n) is 12.5. The lowest BCUT2D eigenvalue weighted by molar-refractivity contribution is -0.141. The Morgan fingerprint density at radius 1 is 1.43 bits per heavy atom. The molecular weight excluding hydrogens is 270 g/mol. The molecular formula is C16H21NO4. The Morgan fingerprint density at radius 3 is 2.86 bits per heavy atom. The van der Waals surface area contributed by atoms with Gasteiger partial charge in [-0.15, -0.1) is 0 Å². The summed E-state index contributed by atoms with van der Waals surface area (Å²) >= 11 is 0. The molecule has 0 bridgehead atoms. The predicted molar refractivity (Wildman–Crippen MR) is 79.0 cm³/mol. The van der Waals surface area contributed by atoms with E-state index in [1.165, 1.54) is 7.11 Å². The van der Waals surface area contributed by atoms with Crippen molar-refractivity contribution in [2.75, 3.05) is 18.6 Å². The second kappa shape index (κ2) is 6.72. The first kappa shape index (κ1) is 15.5. The molecule has 1 heterocycles. The molecule has 1 aromatic carbocycles. The molecule has 5 heteroatoms. The molecule has 0 spiro atoms. The average Bonchev–Trinajstić information content (AvgIpc) is 2.50. The minimum Gasteiger partial charge on any atom is -0.469 e. The lowest BCUT2D eigenvalue weighted by Crippen LogP contribution is -2.33. The minimum atomic E-state index is -0.692. The third-order valence-corrected chi connectivity index (χ3v) is 3.84. The van der Waals surface area contributed by atoms with Crippen molar-refractivity contribution in [2.45, 2.75) is 38.7 Å². The number of ether oxygens (including phenoxy) is 1. The molecule has 1 unspecified atom stereocenters. The first-order chi connectivity index (χ1) is 10.0. The molecule has 0 radical (unpaired) electrons. The number of anilines is 1. The van der Waals surface area contributed by atoms with Crippen molar-refractivity contribution in [3.63, 3.8) is 0 Å². The van der Waals surface area contributed by atoms with Crippen LogP contribution in [0.15, 0.2) is 18.2 Å². The molecule has 1 aliphatic heterocycles. The van der Waals surface area contributed by atoms with Crippen LogP contribution < -0.4 is 4.90 Å². The van der Waals surface area contributed by atoms with Gasteiger partial charge in [-0.1, -0.05) is 12.1 Å². The Labute approximate surface area is 124 Å². The van der Waals surface area contributed by atoms with E-state index >= 15 is 0 Å². The van der Waals surface area contributed by atoms with Crippen LogP contribution in [-0.4, -0.2) is 30.6 Å². The van der Waals surface area contributed by atoms with E-state index in [2.05, 4.69) is 4.74 Å².